The van der Waals surface area contributed by atoms with Gasteiger partial charge in [-0.25, -0.2) is 9.18 Å². The van der Waals surface area contributed by atoms with Crippen molar-refractivity contribution in [2.45, 2.75) is 26.4 Å². The number of ether oxygens (including phenoxy) is 1. The molecule has 0 bridgehead atoms. The Bertz CT molecular complexity index is 695. The van der Waals surface area contributed by atoms with Crippen molar-refractivity contribution in [2.75, 3.05) is 5.32 Å². The molecule has 0 atom stereocenters. The van der Waals surface area contributed by atoms with Crippen molar-refractivity contribution in [3.63, 3.8) is 0 Å². The van der Waals surface area contributed by atoms with E-state index in [2.05, 4.69) is 5.32 Å². The van der Waals surface area contributed by atoms with Crippen molar-refractivity contribution in [3.05, 3.63) is 57.4 Å². The molecule has 1 N–H and O–H groups in total. The number of para-hydroxylation sites is 1. The third-order valence-corrected chi connectivity index (χ3v) is 3.42. The first-order valence-electron chi connectivity index (χ1n) is 6.81. The fourth-order valence-corrected chi connectivity index (χ4v) is 2.29. The summed E-state index contributed by atoms with van der Waals surface area (Å²) in [5, 5.41) is 2.96. The lowest BCUT2D eigenvalue weighted by molar-refractivity contribution is 0.00707. The van der Waals surface area contributed by atoms with Gasteiger partial charge in [0.2, 0.25) is 0 Å². The number of carbonyl (C=O) groups excluding carboxylic acids is 1. The van der Waals surface area contributed by atoms with Crippen LogP contribution in [0.4, 0.5) is 15.8 Å². The Morgan fingerprint density at radius 1 is 1.14 bits per heavy atom. The van der Waals surface area contributed by atoms with Gasteiger partial charge in [-0.2, -0.15) is 0 Å². The van der Waals surface area contributed by atoms with E-state index < -0.39 is 11.6 Å². The molecule has 0 spiro atoms. The number of rotatable bonds is 3. The maximum Gasteiger partial charge on any atom is 0.340 e. The Kier molecular flexibility index (Phi) is 5.05. The average molecular weight is 413 g/mol. The zero-order valence-electron chi connectivity index (χ0n) is 12.6. The normalized spacial score (nSPS) is 11.1. The van der Waals surface area contributed by atoms with Crippen LogP contribution >= 0.6 is 22.6 Å². The summed E-state index contributed by atoms with van der Waals surface area (Å²) in [6.45, 7) is 5.42. The molecule has 0 aliphatic heterocycles. The molecule has 0 saturated carbocycles. The summed E-state index contributed by atoms with van der Waals surface area (Å²) in [5.74, 6) is -0.813. The first-order valence-corrected chi connectivity index (χ1v) is 7.88. The molecule has 0 aliphatic rings. The predicted octanol–water partition coefficient (Wildman–Crippen LogP) is 5.13. The van der Waals surface area contributed by atoms with E-state index in [0.717, 1.165) is 3.57 Å². The molecule has 0 aliphatic carbocycles. The zero-order chi connectivity index (χ0) is 16.3. The van der Waals surface area contributed by atoms with Gasteiger partial charge in [-0.15, -0.1) is 0 Å². The summed E-state index contributed by atoms with van der Waals surface area (Å²) < 4.78 is 20.1. The molecule has 0 radical (unpaired) electrons. The van der Waals surface area contributed by atoms with Crippen LogP contribution in [0.1, 0.15) is 31.1 Å². The van der Waals surface area contributed by atoms with Gasteiger partial charge in [-0.3, -0.25) is 0 Å². The van der Waals surface area contributed by atoms with Gasteiger partial charge in [0.15, 0.2) is 0 Å². The lowest BCUT2D eigenvalue weighted by atomic mass is 10.1. The minimum absolute atomic E-state index is 0.316. The highest BCUT2D eigenvalue weighted by atomic mass is 127. The van der Waals surface area contributed by atoms with Crippen LogP contribution in [-0.2, 0) is 4.74 Å². The molecular formula is C17H17FINO2. The monoisotopic (exact) mass is 413 g/mol. The van der Waals surface area contributed by atoms with Gasteiger partial charge in [-0.05, 0) is 73.7 Å². The van der Waals surface area contributed by atoms with Crippen molar-refractivity contribution in [1.82, 2.24) is 0 Å². The number of esters is 1. The summed E-state index contributed by atoms with van der Waals surface area (Å²) in [4.78, 5) is 12.3. The van der Waals surface area contributed by atoms with Crippen LogP contribution in [0.5, 0.6) is 0 Å². The summed E-state index contributed by atoms with van der Waals surface area (Å²) in [6.07, 6.45) is 0. The van der Waals surface area contributed by atoms with E-state index in [1.54, 1.807) is 57.2 Å². The van der Waals surface area contributed by atoms with Gasteiger partial charge >= 0.3 is 5.97 Å². The van der Waals surface area contributed by atoms with Gasteiger partial charge < -0.3 is 10.1 Å². The first kappa shape index (κ1) is 16.7. The summed E-state index contributed by atoms with van der Waals surface area (Å²) >= 11 is 2.04. The molecule has 3 nitrogen and oxygen atoms in total. The van der Waals surface area contributed by atoms with Crippen LogP contribution in [0.3, 0.4) is 0 Å². The SMILES string of the molecule is CC(C)(C)OC(=O)c1ccccc1Nc1ccc(I)cc1F. The molecule has 2 aromatic rings. The highest BCUT2D eigenvalue weighted by Gasteiger charge is 2.20. The lowest BCUT2D eigenvalue weighted by Gasteiger charge is -2.21. The van der Waals surface area contributed by atoms with Crippen molar-refractivity contribution in [3.8, 4) is 0 Å². The zero-order valence-corrected chi connectivity index (χ0v) is 14.8. The second kappa shape index (κ2) is 6.64. The maximum atomic E-state index is 14.0. The second-order valence-electron chi connectivity index (χ2n) is 5.80. The van der Waals surface area contributed by atoms with E-state index in [-0.39, 0.29) is 5.82 Å². The Hall–Kier alpha value is -1.63. The summed E-state index contributed by atoms with van der Waals surface area (Å²) in [7, 11) is 0. The maximum absolute atomic E-state index is 14.0. The first-order chi connectivity index (χ1) is 10.3. The fourth-order valence-electron chi connectivity index (χ4n) is 1.84. The van der Waals surface area contributed by atoms with E-state index in [4.69, 9.17) is 4.74 Å². The number of hydrogen-bond donors (Lipinski definition) is 1. The molecule has 0 saturated heterocycles. The third kappa shape index (κ3) is 4.43. The van der Waals surface area contributed by atoms with E-state index in [1.807, 2.05) is 22.6 Å². The van der Waals surface area contributed by atoms with Crippen molar-refractivity contribution in [2.24, 2.45) is 0 Å². The van der Waals surface area contributed by atoms with Crippen LogP contribution in [0.2, 0.25) is 0 Å². The largest absolute Gasteiger partial charge is 0.456 e. The Balaban J connectivity index is 2.30. The van der Waals surface area contributed by atoms with Crippen molar-refractivity contribution >= 4 is 39.9 Å². The molecule has 2 rings (SSSR count). The van der Waals surface area contributed by atoms with Gasteiger partial charge in [0.05, 0.1) is 16.9 Å². The van der Waals surface area contributed by atoms with E-state index in [9.17, 15) is 9.18 Å². The molecule has 5 heteroatoms. The molecule has 0 heterocycles. The van der Waals surface area contributed by atoms with Crippen LogP contribution in [0.25, 0.3) is 0 Å². The molecule has 0 fully saturated rings. The fraction of sp³-hybridized carbons (Fsp3) is 0.235. The van der Waals surface area contributed by atoms with Gasteiger partial charge in [0.25, 0.3) is 0 Å². The number of carbonyl (C=O) groups is 1. The third-order valence-electron chi connectivity index (χ3n) is 2.75. The number of halogens is 2. The second-order valence-corrected chi connectivity index (χ2v) is 7.04. The van der Waals surface area contributed by atoms with Gasteiger partial charge in [0.1, 0.15) is 11.4 Å². The summed E-state index contributed by atoms with van der Waals surface area (Å²) in [5.41, 5.74) is 0.613. The van der Waals surface area contributed by atoms with Crippen LogP contribution in [0.15, 0.2) is 42.5 Å². The topological polar surface area (TPSA) is 38.3 Å². The minimum Gasteiger partial charge on any atom is -0.456 e. The Morgan fingerprint density at radius 2 is 1.82 bits per heavy atom. The number of anilines is 2. The van der Waals surface area contributed by atoms with Crippen LogP contribution < -0.4 is 5.32 Å². The van der Waals surface area contributed by atoms with Crippen molar-refractivity contribution in [1.29, 1.82) is 0 Å². The molecular weight excluding hydrogens is 396 g/mol. The average Bonchev–Trinajstić information content (AvgIpc) is 2.40. The number of benzene rings is 2. The minimum atomic E-state index is -0.585. The molecule has 2 aromatic carbocycles. The van der Waals surface area contributed by atoms with E-state index in [1.165, 1.54) is 6.07 Å². The van der Waals surface area contributed by atoms with Crippen LogP contribution in [0, 0.1) is 9.39 Å². The molecule has 0 aromatic heterocycles. The molecule has 0 amide bonds. The number of hydrogen-bond acceptors (Lipinski definition) is 3. The molecule has 0 unspecified atom stereocenters. The smallest absolute Gasteiger partial charge is 0.340 e. The predicted molar refractivity (Wildman–Crippen MR) is 94.0 cm³/mol. The van der Waals surface area contributed by atoms with Gasteiger partial charge in [-0.1, -0.05) is 12.1 Å². The highest BCUT2D eigenvalue weighted by molar-refractivity contribution is 14.1. The Labute approximate surface area is 143 Å². The highest BCUT2D eigenvalue weighted by Crippen LogP contribution is 2.25. The van der Waals surface area contributed by atoms with E-state index >= 15 is 0 Å². The molecule has 22 heavy (non-hydrogen) atoms. The Morgan fingerprint density at radius 3 is 2.45 bits per heavy atom. The molecule has 116 valence electrons. The lowest BCUT2D eigenvalue weighted by Crippen LogP contribution is -2.24. The number of nitrogens with one attached hydrogen (secondary N) is 1. The van der Waals surface area contributed by atoms with E-state index in [0.29, 0.717) is 16.9 Å². The van der Waals surface area contributed by atoms with Crippen LogP contribution in [-0.4, -0.2) is 11.6 Å². The van der Waals surface area contributed by atoms with Crippen molar-refractivity contribution < 1.29 is 13.9 Å². The van der Waals surface area contributed by atoms with Gasteiger partial charge in [0, 0.05) is 3.57 Å². The summed E-state index contributed by atoms with van der Waals surface area (Å²) in [6, 6.07) is 11.8. The standard InChI is InChI=1S/C17H17FINO2/c1-17(2,3)22-16(21)12-6-4-5-7-14(12)20-15-9-8-11(19)10-13(15)18/h4-10,20H,1-3H3. The quantitative estimate of drug-likeness (QED) is 0.560.